The van der Waals surface area contributed by atoms with E-state index in [4.69, 9.17) is 15.6 Å². The van der Waals surface area contributed by atoms with Crippen molar-refractivity contribution in [1.82, 2.24) is 0 Å². The Morgan fingerprint density at radius 3 is 2.74 bits per heavy atom. The van der Waals surface area contributed by atoms with Gasteiger partial charge in [0.05, 0.1) is 30.4 Å². The van der Waals surface area contributed by atoms with Crippen LogP contribution in [0.1, 0.15) is 10.4 Å². The number of carboxylic acids is 1. The minimum Gasteiger partial charge on any atom is -0.478 e. The summed E-state index contributed by atoms with van der Waals surface area (Å²) in [7, 11) is 0. The molecule has 1 amide bonds. The number of nitrogens with one attached hydrogen (secondary N) is 1. The van der Waals surface area contributed by atoms with Gasteiger partial charge in [-0.15, -0.1) is 0 Å². The van der Waals surface area contributed by atoms with Gasteiger partial charge in [0.25, 0.3) is 0 Å². The second kappa shape index (κ2) is 5.33. The number of anilines is 1. The fraction of sp³-hybridized carbons (Fsp3) is 0.333. The first-order valence-corrected chi connectivity index (χ1v) is 5.66. The van der Waals surface area contributed by atoms with E-state index in [9.17, 15) is 14.0 Å². The van der Waals surface area contributed by atoms with Crippen LogP contribution >= 0.6 is 0 Å². The number of rotatable bonds is 3. The average Bonchev–Trinajstić information content (AvgIpc) is 2.77. The summed E-state index contributed by atoms with van der Waals surface area (Å²) in [5.74, 6) is -3.28. The van der Waals surface area contributed by atoms with Gasteiger partial charge in [-0.1, -0.05) is 6.07 Å². The lowest BCUT2D eigenvalue weighted by atomic mass is 10.0. The van der Waals surface area contributed by atoms with Crippen LogP contribution in [0.25, 0.3) is 0 Å². The largest absolute Gasteiger partial charge is 0.478 e. The van der Waals surface area contributed by atoms with E-state index in [1.165, 1.54) is 12.1 Å². The number of benzene rings is 1. The maximum absolute atomic E-state index is 13.6. The van der Waals surface area contributed by atoms with Gasteiger partial charge in [-0.05, 0) is 12.1 Å². The van der Waals surface area contributed by atoms with Gasteiger partial charge in [0.15, 0.2) is 0 Å². The number of hydrogen-bond acceptors (Lipinski definition) is 4. The van der Waals surface area contributed by atoms with Crippen LogP contribution in [-0.2, 0) is 9.53 Å². The molecule has 0 saturated carbocycles. The van der Waals surface area contributed by atoms with Gasteiger partial charge in [-0.2, -0.15) is 0 Å². The lowest BCUT2D eigenvalue weighted by Gasteiger charge is -2.15. The van der Waals surface area contributed by atoms with Crippen LogP contribution in [0.3, 0.4) is 0 Å². The first-order chi connectivity index (χ1) is 9.00. The maximum atomic E-state index is 13.6. The van der Waals surface area contributed by atoms with Crippen molar-refractivity contribution in [3.8, 4) is 0 Å². The number of hydrogen-bond donors (Lipinski definition) is 3. The summed E-state index contributed by atoms with van der Waals surface area (Å²) in [6.45, 7) is 0.394. The summed E-state index contributed by atoms with van der Waals surface area (Å²) in [5.41, 5.74) is 5.02. The first-order valence-electron chi connectivity index (χ1n) is 5.66. The van der Waals surface area contributed by atoms with E-state index in [0.717, 1.165) is 6.07 Å². The number of carbonyl (C=O) groups is 2. The van der Waals surface area contributed by atoms with Crippen molar-refractivity contribution >= 4 is 17.6 Å². The van der Waals surface area contributed by atoms with E-state index < -0.39 is 29.7 Å². The standard InChI is InChI=1S/C12H13FN2O4/c13-8-3-1-2-6(12(17)18)10(8)15-11(16)7-4-19-5-9(7)14/h1-3,7,9H,4-5,14H2,(H,15,16)(H,17,18). The second-order valence-corrected chi connectivity index (χ2v) is 4.26. The predicted octanol–water partition coefficient (Wildman–Crippen LogP) is 0.436. The molecule has 1 heterocycles. The molecule has 1 saturated heterocycles. The number of ether oxygens (including phenoxy) is 1. The quantitative estimate of drug-likeness (QED) is 0.738. The Labute approximate surface area is 108 Å². The molecule has 6 nitrogen and oxygen atoms in total. The van der Waals surface area contributed by atoms with Crippen molar-refractivity contribution in [2.75, 3.05) is 18.5 Å². The summed E-state index contributed by atoms with van der Waals surface area (Å²) in [5, 5.41) is 11.2. The van der Waals surface area contributed by atoms with Crippen LogP contribution in [0, 0.1) is 11.7 Å². The third kappa shape index (κ3) is 2.72. The van der Waals surface area contributed by atoms with Crippen molar-refractivity contribution in [1.29, 1.82) is 0 Å². The maximum Gasteiger partial charge on any atom is 0.337 e. The summed E-state index contributed by atoms with van der Waals surface area (Å²) in [6, 6.07) is 3.08. The molecule has 102 valence electrons. The van der Waals surface area contributed by atoms with Crippen molar-refractivity contribution in [2.24, 2.45) is 11.7 Å². The predicted molar refractivity (Wildman–Crippen MR) is 64.3 cm³/mol. The summed E-state index contributed by atoms with van der Waals surface area (Å²) in [6.07, 6.45) is 0. The lowest BCUT2D eigenvalue weighted by Crippen LogP contribution is -2.37. The molecule has 1 aliphatic rings. The zero-order valence-electron chi connectivity index (χ0n) is 9.93. The topological polar surface area (TPSA) is 102 Å². The Balaban J connectivity index is 2.23. The minimum atomic E-state index is -1.32. The Morgan fingerprint density at radius 2 is 2.16 bits per heavy atom. The third-order valence-corrected chi connectivity index (χ3v) is 2.95. The highest BCUT2D eigenvalue weighted by Crippen LogP contribution is 2.22. The number of aromatic carboxylic acids is 1. The van der Waals surface area contributed by atoms with E-state index in [2.05, 4.69) is 5.32 Å². The van der Waals surface area contributed by atoms with Gasteiger partial charge in [0.2, 0.25) is 5.91 Å². The molecule has 0 radical (unpaired) electrons. The molecule has 0 spiro atoms. The van der Waals surface area contributed by atoms with E-state index >= 15 is 0 Å². The molecule has 0 bridgehead atoms. The smallest absolute Gasteiger partial charge is 0.337 e. The van der Waals surface area contributed by atoms with Crippen LogP contribution in [0.2, 0.25) is 0 Å². The molecule has 1 aliphatic heterocycles. The van der Waals surface area contributed by atoms with E-state index in [1.54, 1.807) is 0 Å². The van der Waals surface area contributed by atoms with Crippen LogP contribution in [-0.4, -0.2) is 36.2 Å². The molecule has 19 heavy (non-hydrogen) atoms. The number of carbonyl (C=O) groups excluding carboxylic acids is 1. The SMILES string of the molecule is NC1COCC1C(=O)Nc1c(F)cccc1C(=O)O. The first kappa shape index (κ1) is 13.4. The molecule has 1 aromatic rings. The van der Waals surface area contributed by atoms with Crippen LogP contribution < -0.4 is 11.1 Å². The van der Waals surface area contributed by atoms with Gasteiger partial charge in [-0.25, -0.2) is 9.18 Å². The van der Waals surface area contributed by atoms with Crippen molar-refractivity contribution < 1.29 is 23.8 Å². The van der Waals surface area contributed by atoms with E-state index in [0.29, 0.717) is 0 Å². The molecule has 2 atom stereocenters. The molecule has 2 rings (SSSR count). The number of amides is 1. The van der Waals surface area contributed by atoms with Gasteiger partial charge in [0.1, 0.15) is 5.82 Å². The van der Waals surface area contributed by atoms with Gasteiger partial charge < -0.3 is 20.9 Å². The number of para-hydroxylation sites is 1. The monoisotopic (exact) mass is 268 g/mol. The molecule has 1 fully saturated rings. The highest BCUT2D eigenvalue weighted by atomic mass is 19.1. The zero-order valence-corrected chi connectivity index (χ0v) is 9.93. The van der Waals surface area contributed by atoms with Crippen LogP contribution in [0.15, 0.2) is 18.2 Å². The highest BCUT2D eigenvalue weighted by molar-refractivity contribution is 6.01. The second-order valence-electron chi connectivity index (χ2n) is 4.26. The normalized spacial score (nSPS) is 22.2. The van der Waals surface area contributed by atoms with Crippen LogP contribution in [0.5, 0.6) is 0 Å². The molecule has 1 aromatic carbocycles. The number of nitrogens with two attached hydrogens (primary N) is 1. The Morgan fingerprint density at radius 1 is 1.42 bits per heavy atom. The number of carboxylic acid groups (broad SMARTS) is 1. The summed E-state index contributed by atoms with van der Waals surface area (Å²) in [4.78, 5) is 22.9. The molecule has 0 aliphatic carbocycles. The van der Waals surface area contributed by atoms with Gasteiger partial charge >= 0.3 is 5.97 Å². The fourth-order valence-electron chi connectivity index (χ4n) is 1.89. The van der Waals surface area contributed by atoms with E-state index in [-0.39, 0.29) is 24.5 Å². The Hall–Kier alpha value is -1.99. The Kier molecular flexibility index (Phi) is 3.77. The van der Waals surface area contributed by atoms with Crippen molar-refractivity contribution in [3.63, 3.8) is 0 Å². The molecule has 7 heteroatoms. The van der Waals surface area contributed by atoms with Gasteiger partial charge in [0, 0.05) is 6.04 Å². The van der Waals surface area contributed by atoms with Crippen LogP contribution in [0.4, 0.5) is 10.1 Å². The van der Waals surface area contributed by atoms with E-state index in [1.807, 2.05) is 0 Å². The van der Waals surface area contributed by atoms with Crippen molar-refractivity contribution in [3.05, 3.63) is 29.6 Å². The zero-order chi connectivity index (χ0) is 14.0. The molecule has 4 N–H and O–H groups in total. The van der Waals surface area contributed by atoms with Gasteiger partial charge in [-0.3, -0.25) is 4.79 Å². The number of halogens is 1. The Bertz CT molecular complexity index is 520. The highest BCUT2D eigenvalue weighted by Gasteiger charge is 2.32. The lowest BCUT2D eigenvalue weighted by molar-refractivity contribution is -0.120. The minimum absolute atomic E-state index is 0.143. The average molecular weight is 268 g/mol. The third-order valence-electron chi connectivity index (χ3n) is 2.95. The molecule has 2 unspecified atom stereocenters. The summed E-state index contributed by atoms with van der Waals surface area (Å²) < 4.78 is 18.7. The molecular formula is C12H13FN2O4. The summed E-state index contributed by atoms with van der Waals surface area (Å²) >= 11 is 0. The molecule has 0 aromatic heterocycles. The van der Waals surface area contributed by atoms with Crippen molar-refractivity contribution in [2.45, 2.75) is 6.04 Å². The molecular weight excluding hydrogens is 255 g/mol. The fourth-order valence-corrected chi connectivity index (χ4v) is 1.89.